The molecule has 0 saturated carbocycles. The molecule has 0 aromatic heterocycles. The maximum absolute atomic E-state index is 10.6. The van der Waals surface area contributed by atoms with E-state index in [4.69, 9.17) is 0 Å². The van der Waals surface area contributed by atoms with Crippen LogP contribution in [0.1, 0.15) is 58.3 Å². The van der Waals surface area contributed by atoms with Gasteiger partial charge in [0.15, 0.2) is 0 Å². The number of allylic oxidation sites excluding steroid dienone is 10. The lowest BCUT2D eigenvalue weighted by molar-refractivity contribution is -0.105. The summed E-state index contributed by atoms with van der Waals surface area (Å²) in [6.45, 7) is 2.26. The Hall–Kier alpha value is -0.900. The largest absolute Gasteiger partial charge is 0.283 e. The van der Waals surface area contributed by atoms with Gasteiger partial charge in [-0.15, -0.1) is 0 Å². The van der Waals surface area contributed by atoms with Crippen LogP contribution in [0.3, 0.4) is 0 Å². The Kier molecular flexibility index (Phi) is 17.4. The van der Waals surface area contributed by atoms with Gasteiger partial charge >= 0.3 is 0 Å². The van der Waals surface area contributed by atoms with Crippen molar-refractivity contribution in [2.75, 3.05) is 0 Å². The molecule has 0 aliphatic rings. The van der Waals surface area contributed by atoms with Gasteiger partial charge in [-0.05, 0) is 18.9 Å². The molecule has 0 amide bonds. The van der Waals surface area contributed by atoms with Crippen LogP contribution in [0.15, 0.2) is 60.8 Å². The van der Waals surface area contributed by atoms with Crippen LogP contribution in [-0.4, -0.2) is 3.79 Å². The molecule has 0 N–H and O–H groups in total. The molecule has 22 heavy (non-hydrogen) atoms. The van der Waals surface area contributed by atoms with Crippen molar-refractivity contribution >= 4 is 26.4 Å². The van der Waals surface area contributed by atoms with E-state index in [0.29, 0.717) is 0 Å². The summed E-state index contributed by atoms with van der Waals surface area (Å²) in [7, 11) is 0. The summed E-state index contributed by atoms with van der Waals surface area (Å²) in [4.78, 5) is 10.6. The molecule has 1 nitrogen and oxygen atoms in total. The quantitative estimate of drug-likeness (QED) is 0.106. The van der Waals surface area contributed by atoms with Crippen LogP contribution in [0, 0.1) is 0 Å². The Balaban J connectivity index is 3.50. The van der Waals surface area contributed by atoms with Crippen molar-refractivity contribution in [2.45, 2.75) is 58.3 Å². The molecule has 0 unspecified atom stereocenters. The number of rotatable bonds is 13. The second-order valence-corrected chi connectivity index (χ2v) is 6.22. The Labute approximate surface area is 150 Å². The number of hydrogen-bond acceptors (Lipinski definition) is 1. The molecule has 0 spiro atoms. The highest BCUT2D eigenvalue weighted by atomic mass is 127. The monoisotopic (exact) mass is 412 g/mol. The molecule has 0 radical (unpaired) electrons. The standard InChI is InChI=1S/C20H29IO/c1-2-3-4-5-6-7-8-9-10-11-12-13-14-15-16-17-18-19-20(21)22/h10-19H,2-9H2,1H3. The summed E-state index contributed by atoms with van der Waals surface area (Å²) in [6.07, 6.45) is 30.1. The molecule has 0 bridgehead atoms. The minimum Gasteiger partial charge on any atom is -0.283 e. The minimum absolute atomic E-state index is 0.0391. The van der Waals surface area contributed by atoms with Gasteiger partial charge < -0.3 is 0 Å². The van der Waals surface area contributed by atoms with Crippen LogP contribution in [0.2, 0.25) is 0 Å². The summed E-state index contributed by atoms with van der Waals surface area (Å²) < 4.78 is 0.0391. The maximum Gasteiger partial charge on any atom is 0.215 e. The van der Waals surface area contributed by atoms with Gasteiger partial charge in [-0.25, -0.2) is 0 Å². The van der Waals surface area contributed by atoms with E-state index in [2.05, 4.69) is 25.2 Å². The fourth-order valence-corrected chi connectivity index (χ4v) is 2.12. The molecule has 2 heteroatoms. The normalized spacial score (nSPS) is 12.8. The molecule has 0 saturated heterocycles. The third kappa shape index (κ3) is 19.1. The average molecular weight is 412 g/mol. The lowest BCUT2D eigenvalue weighted by Gasteiger charge is -1.98. The number of carbonyl (C=O) groups excluding carboxylic acids is 1. The molecular weight excluding hydrogens is 383 g/mol. The fourth-order valence-electron chi connectivity index (χ4n) is 1.91. The van der Waals surface area contributed by atoms with E-state index in [-0.39, 0.29) is 3.79 Å². The SMILES string of the molecule is CCCCCCCCCC=CC=CC=CC=CC=CC(=O)I. The smallest absolute Gasteiger partial charge is 0.215 e. The van der Waals surface area contributed by atoms with Crippen LogP contribution in [0.4, 0.5) is 0 Å². The molecule has 0 atom stereocenters. The second kappa shape index (κ2) is 18.1. The van der Waals surface area contributed by atoms with Crippen molar-refractivity contribution in [1.29, 1.82) is 0 Å². The highest BCUT2D eigenvalue weighted by Gasteiger charge is 1.88. The van der Waals surface area contributed by atoms with E-state index in [1.807, 2.05) is 30.4 Å². The molecule has 0 aliphatic carbocycles. The lowest BCUT2D eigenvalue weighted by atomic mass is 10.1. The Morgan fingerprint density at radius 3 is 1.82 bits per heavy atom. The van der Waals surface area contributed by atoms with Gasteiger partial charge in [0.25, 0.3) is 0 Å². The summed E-state index contributed by atoms with van der Waals surface area (Å²) in [6, 6.07) is 0. The topological polar surface area (TPSA) is 17.1 Å². The second-order valence-electron chi connectivity index (χ2n) is 5.16. The van der Waals surface area contributed by atoms with Crippen LogP contribution >= 0.6 is 22.6 Å². The van der Waals surface area contributed by atoms with Gasteiger partial charge in [0, 0.05) is 22.6 Å². The summed E-state index contributed by atoms with van der Waals surface area (Å²) >= 11 is 1.75. The predicted octanol–water partition coefficient (Wildman–Crippen LogP) is 6.87. The van der Waals surface area contributed by atoms with E-state index in [9.17, 15) is 4.79 Å². The number of unbranched alkanes of at least 4 members (excludes halogenated alkanes) is 7. The average Bonchev–Trinajstić information content (AvgIpc) is 2.50. The van der Waals surface area contributed by atoms with Crippen molar-refractivity contribution < 1.29 is 4.79 Å². The first kappa shape index (κ1) is 21.1. The van der Waals surface area contributed by atoms with Gasteiger partial charge in [-0.1, -0.05) is 100 Å². The van der Waals surface area contributed by atoms with Crippen molar-refractivity contribution in [2.24, 2.45) is 0 Å². The zero-order chi connectivity index (χ0) is 16.3. The molecule has 0 heterocycles. The molecular formula is C20H29IO. The molecule has 122 valence electrons. The van der Waals surface area contributed by atoms with Crippen molar-refractivity contribution in [1.82, 2.24) is 0 Å². The van der Waals surface area contributed by atoms with Gasteiger partial charge in [-0.2, -0.15) is 0 Å². The highest BCUT2D eigenvalue weighted by Crippen LogP contribution is 2.08. The number of halogens is 1. The summed E-state index contributed by atoms with van der Waals surface area (Å²) in [5.74, 6) is 0. The molecule has 0 aromatic carbocycles. The fraction of sp³-hybridized carbons (Fsp3) is 0.450. The van der Waals surface area contributed by atoms with Crippen molar-refractivity contribution in [3.8, 4) is 0 Å². The van der Waals surface area contributed by atoms with Gasteiger partial charge in [-0.3, -0.25) is 4.79 Å². The van der Waals surface area contributed by atoms with E-state index in [0.717, 1.165) is 0 Å². The number of carbonyl (C=O) groups is 1. The first-order chi connectivity index (χ1) is 10.8. The van der Waals surface area contributed by atoms with Crippen LogP contribution in [0.5, 0.6) is 0 Å². The van der Waals surface area contributed by atoms with Crippen molar-refractivity contribution in [3.63, 3.8) is 0 Å². The predicted molar refractivity (Wildman–Crippen MR) is 107 cm³/mol. The Morgan fingerprint density at radius 2 is 1.23 bits per heavy atom. The van der Waals surface area contributed by atoms with E-state index in [1.54, 1.807) is 28.7 Å². The van der Waals surface area contributed by atoms with E-state index >= 15 is 0 Å². The first-order valence-corrected chi connectivity index (χ1v) is 9.38. The molecule has 0 aliphatic heterocycles. The Bertz CT molecular complexity index is 400. The third-order valence-electron chi connectivity index (χ3n) is 3.12. The van der Waals surface area contributed by atoms with Gasteiger partial charge in [0.05, 0.1) is 0 Å². The Morgan fingerprint density at radius 1 is 0.727 bits per heavy atom. The maximum atomic E-state index is 10.6. The van der Waals surface area contributed by atoms with Crippen molar-refractivity contribution in [3.05, 3.63) is 60.8 Å². The molecule has 0 rings (SSSR count). The number of hydrogen-bond donors (Lipinski definition) is 0. The minimum atomic E-state index is 0.0391. The van der Waals surface area contributed by atoms with Crippen LogP contribution in [-0.2, 0) is 4.79 Å². The lowest BCUT2D eigenvalue weighted by Crippen LogP contribution is -1.78. The molecule has 0 fully saturated rings. The molecule has 0 aromatic rings. The van der Waals surface area contributed by atoms with Crippen LogP contribution in [0.25, 0.3) is 0 Å². The van der Waals surface area contributed by atoms with Gasteiger partial charge in [0.2, 0.25) is 3.79 Å². The van der Waals surface area contributed by atoms with E-state index in [1.165, 1.54) is 57.4 Å². The van der Waals surface area contributed by atoms with Gasteiger partial charge in [0.1, 0.15) is 0 Å². The first-order valence-electron chi connectivity index (χ1n) is 8.30. The van der Waals surface area contributed by atoms with Crippen LogP contribution < -0.4 is 0 Å². The highest BCUT2D eigenvalue weighted by molar-refractivity contribution is 14.1. The summed E-state index contributed by atoms with van der Waals surface area (Å²) in [5, 5.41) is 0. The third-order valence-corrected chi connectivity index (χ3v) is 3.48. The van der Waals surface area contributed by atoms with E-state index < -0.39 is 0 Å². The zero-order valence-electron chi connectivity index (χ0n) is 13.7. The zero-order valence-corrected chi connectivity index (χ0v) is 15.9. The summed E-state index contributed by atoms with van der Waals surface area (Å²) in [5.41, 5.74) is 0.